The first-order valence-corrected chi connectivity index (χ1v) is 15.2. The molecule has 2 aromatic carbocycles. The van der Waals surface area contributed by atoms with Gasteiger partial charge in [-0.05, 0) is 92.3 Å². The number of fused-ring (bicyclic) bond motifs is 1. The molecule has 13 heteroatoms. The van der Waals surface area contributed by atoms with E-state index in [2.05, 4.69) is 15.5 Å². The average molecular weight is 586 g/mol. The Morgan fingerprint density at radius 1 is 1.02 bits per heavy atom. The van der Waals surface area contributed by atoms with Gasteiger partial charge in [-0.25, -0.2) is 27.2 Å². The van der Waals surface area contributed by atoms with E-state index in [9.17, 15) is 22.8 Å². The van der Waals surface area contributed by atoms with E-state index in [1.54, 1.807) is 23.6 Å². The molecule has 4 amide bonds. The van der Waals surface area contributed by atoms with Crippen LogP contribution in [0.1, 0.15) is 35.2 Å². The molecule has 0 bridgehead atoms. The van der Waals surface area contributed by atoms with E-state index < -0.39 is 33.7 Å². The number of imide groups is 1. The number of anilines is 3. The van der Waals surface area contributed by atoms with Crippen LogP contribution >= 0.6 is 11.3 Å². The van der Waals surface area contributed by atoms with Gasteiger partial charge in [0.2, 0.25) is 5.91 Å². The number of halogens is 1. The van der Waals surface area contributed by atoms with Crippen molar-refractivity contribution in [2.24, 2.45) is 0 Å². The molecule has 10 nitrogen and oxygen atoms in total. The highest BCUT2D eigenvalue weighted by atomic mass is 32.2. The van der Waals surface area contributed by atoms with Crippen LogP contribution in [-0.2, 0) is 21.2 Å². The monoisotopic (exact) mass is 585 g/mol. The molecule has 2 aliphatic heterocycles. The Balaban J connectivity index is 1.23. The molecule has 1 fully saturated rings. The molecule has 5 rings (SSSR count). The van der Waals surface area contributed by atoms with E-state index in [4.69, 9.17) is 0 Å². The van der Waals surface area contributed by atoms with E-state index in [0.717, 1.165) is 60.6 Å². The fourth-order valence-electron chi connectivity index (χ4n) is 4.83. The van der Waals surface area contributed by atoms with Gasteiger partial charge in [0.25, 0.3) is 15.9 Å². The van der Waals surface area contributed by atoms with Crippen molar-refractivity contribution in [1.82, 2.24) is 9.62 Å². The van der Waals surface area contributed by atoms with Crippen LogP contribution in [0.25, 0.3) is 0 Å². The second-order valence-corrected chi connectivity index (χ2v) is 12.4. The number of thiophene rings is 1. The Kier molecular flexibility index (Phi) is 8.14. The summed E-state index contributed by atoms with van der Waals surface area (Å²) in [7, 11) is -4.07. The van der Waals surface area contributed by atoms with Crippen LogP contribution in [0.15, 0.2) is 58.1 Å². The summed E-state index contributed by atoms with van der Waals surface area (Å²) in [5.41, 5.74) is 1.37. The van der Waals surface area contributed by atoms with Gasteiger partial charge in [-0.3, -0.25) is 9.59 Å². The zero-order chi connectivity index (χ0) is 28.3. The third-order valence-electron chi connectivity index (χ3n) is 6.74. The first kappa shape index (κ1) is 27.7. The fraction of sp³-hybridized carbons (Fsp3) is 0.296. The SMILES string of the molecule is O=C(Nc1ccc(N2C(=O)Cc3cc(NCCCN4CCCC4)ccc3C2=O)c(F)c1)NS(=O)(=O)c1cccs1. The highest BCUT2D eigenvalue weighted by molar-refractivity contribution is 7.92. The number of amides is 4. The summed E-state index contributed by atoms with van der Waals surface area (Å²) in [6.07, 6.45) is 3.41. The number of hydrogen-bond donors (Lipinski definition) is 3. The van der Waals surface area contributed by atoms with Gasteiger partial charge in [0, 0.05) is 23.5 Å². The first-order chi connectivity index (χ1) is 19.2. The summed E-state index contributed by atoms with van der Waals surface area (Å²) < 4.78 is 41.3. The van der Waals surface area contributed by atoms with Crippen molar-refractivity contribution >= 4 is 56.3 Å². The molecule has 1 saturated heterocycles. The van der Waals surface area contributed by atoms with Gasteiger partial charge < -0.3 is 15.5 Å². The molecule has 2 aliphatic rings. The van der Waals surface area contributed by atoms with Crippen LogP contribution in [0.2, 0.25) is 0 Å². The van der Waals surface area contributed by atoms with Crippen LogP contribution < -0.4 is 20.3 Å². The smallest absolute Gasteiger partial charge is 0.333 e. The molecular formula is C27H28FN5O5S2. The van der Waals surface area contributed by atoms with Gasteiger partial charge >= 0.3 is 6.03 Å². The third kappa shape index (κ3) is 6.16. The summed E-state index contributed by atoms with van der Waals surface area (Å²) >= 11 is 0.938. The molecule has 0 atom stereocenters. The normalized spacial score (nSPS) is 15.7. The highest BCUT2D eigenvalue weighted by Gasteiger charge is 2.34. The van der Waals surface area contributed by atoms with Gasteiger partial charge in [0.05, 0.1) is 12.1 Å². The Morgan fingerprint density at radius 2 is 1.80 bits per heavy atom. The molecule has 1 aromatic heterocycles. The highest BCUT2D eigenvalue weighted by Crippen LogP contribution is 2.30. The number of carbonyl (C=O) groups is 3. The molecule has 40 heavy (non-hydrogen) atoms. The number of likely N-dealkylation sites (tertiary alicyclic amines) is 1. The lowest BCUT2D eigenvalue weighted by Gasteiger charge is -2.27. The van der Waals surface area contributed by atoms with Crippen LogP contribution in [0, 0.1) is 5.82 Å². The summed E-state index contributed by atoms with van der Waals surface area (Å²) in [6, 6.07) is 10.4. The molecule has 3 heterocycles. The predicted molar refractivity (Wildman–Crippen MR) is 151 cm³/mol. The predicted octanol–water partition coefficient (Wildman–Crippen LogP) is 4.02. The number of rotatable bonds is 9. The minimum atomic E-state index is -4.07. The molecule has 0 saturated carbocycles. The van der Waals surface area contributed by atoms with Crippen molar-refractivity contribution in [1.29, 1.82) is 0 Å². The Hall–Kier alpha value is -3.81. The quantitative estimate of drug-likeness (QED) is 0.256. The number of urea groups is 1. The van der Waals surface area contributed by atoms with E-state index in [-0.39, 0.29) is 22.0 Å². The molecule has 3 aromatic rings. The van der Waals surface area contributed by atoms with E-state index in [1.807, 2.05) is 4.72 Å². The molecule has 0 unspecified atom stereocenters. The van der Waals surface area contributed by atoms with Crippen molar-refractivity contribution in [3.8, 4) is 0 Å². The van der Waals surface area contributed by atoms with Crippen molar-refractivity contribution in [3.05, 3.63) is 70.9 Å². The number of nitrogens with one attached hydrogen (secondary N) is 3. The summed E-state index contributed by atoms with van der Waals surface area (Å²) in [6.45, 7) is 4.10. The zero-order valence-electron chi connectivity index (χ0n) is 21.5. The average Bonchev–Trinajstić information content (AvgIpc) is 3.62. The maximum Gasteiger partial charge on any atom is 0.333 e. The Bertz CT molecular complexity index is 1540. The molecule has 0 spiro atoms. The lowest BCUT2D eigenvalue weighted by Crippen LogP contribution is -2.43. The minimum absolute atomic E-state index is 0.0491. The Labute approximate surface area is 235 Å². The van der Waals surface area contributed by atoms with Crippen molar-refractivity contribution in [2.45, 2.75) is 29.9 Å². The summed E-state index contributed by atoms with van der Waals surface area (Å²) in [5, 5.41) is 7.14. The van der Waals surface area contributed by atoms with Gasteiger partial charge in [0.1, 0.15) is 10.0 Å². The lowest BCUT2D eigenvalue weighted by atomic mass is 9.97. The largest absolute Gasteiger partial charge is 0.385 e. The molecular weight excluding hydrogens is 557 g/mol. The van der Waals surface area contributed by atoms with E-state index in [1.165, 1.54) is 37.1 Å². The number of hydrogen-bond acceptors (Lipinski definition) is 8. The minimum Gasteiger partial charge on any atom is -0.385 e. The topological polar surface area (TPSA) is 128 Å². The number of benzene rings is 2. The molecule has 3 N–H and O–H groups in total. The number of nitrogens with zero attached hydrogens (tertiary/aromatic N) is 2. The zero-order valence-corrected chi connectivity index (χ0v) is 23.1. The summed E-state index contributed by atoms with van der Waals surface area (Å²) in [5.74, 6) is -2.16. The van der Waals surface area contributed by atoms with Crippen LogP contribution in [0.3, 0.4) is 0 Å². The summed E-state index contributed by atoms with van der Waals surface area (Å²) in [4.78, 5) is 41.5. The van der Waals surface area contributed by atoms with Crippen LogP contribution in [0.5, 0.6) is 0 Å². The molecule has 0 radical (unpaired) electrons. The van der Waals surface area contributed by atoms with Crippen molar-refractivity contribution in [2.75, 3.05) is 41.7 Å². The Morgan fingerprint density at radius 3 is 2.52 bits per heavy atom. The maximum absolute atomic E-state index is 15.1. The fourth-order valence-corrected chi connectivity index (χ4v) is 6.73. The lowest BCUT2D eigenvalue weighted by molar-refractivity contribution is -0.117. The number of sulfonamides is 1. The second-order valence-electron chi connectivity index (χ2n) is 9.57. The maximum atomic E-state index is 15.1. The standard InChI is InChI=1S/C27H28FN5O5S2/c28-22-17-20(30-27(36)31-40(37,38)25-5-3-14-39-25)7-9-23(22)33-24(34)16-18-15-19(6-8-21(18)26(33)35)29-10-4-13-32-11-1-2-12-32/h3,5-9,14-15,17,29H,1-2,4,10-13,16H2,(H2,30,31,36). The third-order valence-corrected chi connectivity index (χ3v) is 9.47. The first-order valence-electron chi connectivity index (χ1n) is 12.8. The van der Waals surface area contributed by atoms with E-state index in [0.29, 0.717) is 11.1 Å². The van der Waals surface area contributed by atoms with Crippen LogP contribution in [-0.4, -0.2) is 57.3 Å². The number of carbonyl (C=O) groups excluding carboxylic acids is 3. The molecule has 0 aliphatic carbocycles. The van der Waals surface area contributed by atoms with Gasteiger partial charge in [-0.2, -0.15) is 0 Å². The van der Waals surface area contributed by atoms with Crippen molar-refractivity contribution in [3.63, 3.8) is 0 Å². The van der Waals surface area contributed by atoms with Gasteiger partial charge in [-0.1, -0.05) is 6.07 Å². The van der Waals surface area contributed by atoms with Gasteiger partial charge in [0.15, 0.2) is 0 Å². The van der Waals surface area contributed by atoms with Crippen LogP contribution in [0.4, 0.5) is 26.2 Å². The van der Waals surface area contributed by atoms with E-state index >= 15 is 4.39 Å². The second kappa shape index (κ2) is 11.7. The molecule has 210 valence electrons. The van der Waals surface area contributed by atoms with Crippen molar-refractivity contribution < 1.29 is 27.2 Å². The van der Waals surface area contributed by atoms with Gasteiger partial charge in [-0.15, -0.1) is 11.3 Å².